The van der Waals surface area contributed by atoms with Crippen LogP contribution in [0.3, 0.4) is 0 Å². The van der Waals surface area contributed by atoms with E-state index in [0.717, 1.165) is 17.8 Å². The summed E-state index contributed by atoms with van der Waals surface area (Å²) in [5.41, 5.74) is 0.678. The van der Waals surface area contributed by atoms with Gasteiger partial charge in [0.2, 0.25) is 5.91 Å². The Labute approximate surface area is 190 Å². The quantitative estimate of drug-likeness (QED) is 0.304. The van der Waals surface area contributed by atoms with E-state index < -0.39 is 11.7 Å². The van der Waals surface area contributed by atoms with Crippen molar-refractivity contribution in [3.05, 3.63) is 92.9 Å². The molecule has 1 heterocycles. The number of hydrogen-bond donors (Lipinski definition) is 1. The summed E-state index contributed by atoms with van der Waals surface area (Å²) >= 11 is 13.1. The second kappa shape index (κ2) is 9.09. The van der Waals surface area contributed by atoms with Gasteiger partial charge < -0.3 is 5.32 Å². The van der Waals surface area contributed by atoms with E-state index in [-0.39, 0.29) is 22.0 Å². The zero-order chi connectivity index (χ0) is 22.0. The molecule has 1 N–H and O–H groups in total. The Morgan fingerprint density at radius 1 is 1.06 bits per heavy atom. The van der Waals surface area contributed by atoms with Gasteiger partial charge in [-0.2, -0.15) is 0 Å². The van der Waals surface area contributed by atoms with Gasteiger partial charge in [0.05, 0.1) is 33.1 Å². The van der Waals surface area contributed by atoms with Gasteiger partial charge in [0.1, 0.15) is 5.82 Å². The molecule has 0 fully saturated rings. The van der Waals surface area contributed by atoms with Crippen molar-refractivity contribution in [3.63, 3.8) is 0 Å². The highest BCUT2D eigenvalue weighted by atomic mass is 35.5. The SMILES string of the molecule is O=C(CSc1nc2ccccc2c(=O)n1-c1ccccc1Cl)Nc1ccc(Cl)cc1F. The molecule has 4 rings (SSSR count). The fraction of sp³-hybridized carbons (Fsp3) is 0.0455. The van der Waals surface area contributed by atoms with Crippen LogP contribution in [0.5, 0.6) is 0 Å². The number of hydrogen-bond acceptors (Lipinski definition) is 4. The average Bonchev–Trinajstić information content (AvgIpc) is 2.75. The summed E-state index contributed by atoms with van der Waals surface area (Å²) in [6, 6.07) is 17.8. The predicted octanol–water partition coefficient (Wildman–Crippen LogP) is 5.56. The Morgan fingerprint density at radius 3 is 2.58 bits per heavy atom. The Kier molecular flexibility index (Phi) is 6.27. The number of rotatable bonds is 5. The maximum absolute atomic E-state index is 14.0. The summed E-state index contributed by atoms with van der Waals surface area (Å²) in [5.74, 6) is -1.20. The van der Waals surface area contributed by atoms with E-state index in [1.807, 2.05) is 0 Å². The zero-order valence-corrected chi connectivity index (χ0v) is 18.1. The van der Waals surface area contributed by atoms with E-state index in [0.29, 0.717) is 26.8 Å². The van der Waals surface area contributed by atoms with E-state index in [2.05, 4.69) is 10.3 Å². The number of halogens is 3. The van der Waals surface area contributed by atoms with Gasteiger partial charge >= 0.3 is 0 Å². The Hall–Kier alpha value is -2.87. The first-order valence-corrected chi connectivity index (χ1v) is 10.8. The van der Waals surface area contributed by atoms with Gasteiger partial charge in [-0.3, -0.25) is 14.2 Å². The average molecular weight is 474 g/mol. The number of anilines is 1. The summed E-state index contributed by atoms with van der Waals surface area (Å²) in [6.07, 6.45) is 0. The van der Waals surface area contributed by atoms with Crippen molar-refractivity contribution in [1.82, 2.24) is 9.55 Å². The van der Waals surface area contributed by atoms with Crippen molar-refractivity contribution in [2.45, 2.75) is 5.16 Å². The minimum absolute atomic E-state index is 0.0185. The topological polar surface area (TPSA) is 64.0 Å². The number of nitrogens with zero attached hydrogens (tertiary/aromatic N) is 2. The Morgan fingerprint density at radius 2 is 1.81 bits per heavy atom. The van der Waals surface area contributed by atoms with Crippen molar-refractivity contribution < 1.29 is 9.18 Å². The number of para-hydroxylation sites is 2. The molecular weight excluding hydrogens is 460 g/mol. The molecule has 1 amide bonds. The van der Waals surface area contributed by atoms with Gasteiger partial charge in [-0.05, 0) is 42.5 Å². The molecule has 9 heteroatoms. The molecule has 0 atom stereocenters. The summed E-state index contributed by atoms with van der Waals surface area (Å²) in [4.78, 5) is 30.2. The molecule has 0 radical (unpaired) electrons. The van der Waals surface area contributed by atoms with Crippen LogP contribution in [-0.4, -0.2) is 21.2 Å². The first-order chi connectivity index (χ1) is 14.9. The minimum atomic E-state index is -0.636. The lowest BCUT2D eigenvalue weighted by atomic mass is 10.2. The van der Waals surface area contributed by atoms with Gasteiger partial charge in [-0.15, -0.1) is 0 Å². The number of nitrogens with one attached hydrogen (secondary N) is 1. The van der Waals surface area contributed by atoms with Crippen LogP contribution in [0, 0.1) is 5.82 Å². The van der Waals surface area contributed by atoms with Crippen molar-refractivity contribution >= 4 is 57.5 Å². The lowest BCUT2D eigenvalue weighted by Gasteiger charge is -2.14. The number of carbonyl (C=O) groups is 1. The highest BCUT2D eigenvalue weighted by molar-refractivity contribution is 7.99. The molecule has 3 aromatic carbocycles. The summed E-state index contributed by atoms with van der Waals surface area (Å²) in [5, 5.41) is 3.82. The van der Waals surface area contributed by atoms with Crippen LogP contribution in [-0.2, 0) is 4.79 Å². The number of aromatic nitrogens is 2. The van der Waals surface area contributed by atoms with E-state index in [1.54, 1.807) is 48.5 Å². The smallest absolute Gasteiger partial charge is 0.266 e. The molecular formula is C22H14Cl2FN3O2S. The van der Waals surface area contributed by atoms with Gasteiger partial charge in [0.25, 0.3) is 5.56 Å². The summed E-state index contributed by atoms with van der Waals surface area (Å²) in [6.45, 7) is 0. The lowest BCUT2D eigenvalue weighted by Crippen LogP contribution is -2.23. The van der Waals surface area contributed by atoms with Gasteiger partial charge in [-0.25, -0.2) is 9.37 Å². The number of fused-ring (bicyclic) bond motifs is 1. The number of benzene rings is 3. The first kappa shape index (κ1) is 21.4. The van der Waals surface area contributed by atoms with Gasteiger partial charge in [0.15, 0.2) is 5.16 Å². The maximum Gasteiger partial charge on any atom is 0.266 e. The van der Waals surface area contributed by atoms with Crippen LogP contribution in [0.4, 0.5) is 10.1 Å². The molecule has 1 aromatic heterocycles. The van der Waals surface area contributed by atoms with Crippen molar-refractivity contribution in [3.8, 4) is 5.69 Å². The largest absolute Gasteiger partial charge is 0.323 e. The zero-order valence-electron chi connectivity index (χ0n) is 15.8. The van der Waals surface area contributed by atoms with Crippen LogP contribution in [0.25, 0.3) is 16.6 Å². The molecule has 0 saturated carbocycles. The van der Waals surface area contributed by atoms with E-state index >= 15 is 0 Å². The third kappa shape index (κ3) is 4.58. The molecule has 0 bridgehead atoms. The lowest BCUT2D eigenvalue weighted by molar-refractivity contribution is -0.113. The highest BCUT2D eigenvalue weighted by Crippen LogP contribution is 2.26. The van der Waals surface area contributed by atoms with Crippen LogP contribution < -0.4 is 10.9 Å². The van der Waals surface area contributed by atoms with Crippen molar-refractivity contribution in [2.24, 2.45) is 0 Å². The third-order valence-electron chi connectivity index (χ3n) is 4.38. The highest BCUT2D eigenvalue weighted by Gasteiger charge is 2.17. The molecule has 31 heavy (non-hydrogen) atoms. The van der Waals surface area contributed by atoms with Gasteiger partial charge in [-0.1, -0.05) is 59.2 Å². The second-order valence-electron chi connectivity index (χ2n) is 6.46. The molecule has 0 aliphatic carbocycles. The van der Waals surface area contributed by atoms with E-state index in [9.17, 15) is 14.0 Å². The molecule has 0 aliphatic heterocycles. The van der Waals surface area contributed by atoms with E-state index in [4.69, 9.17) is 23.2 Å². The van der Waals surface area contributed by atoms with Crippen molar-refractivity contribution in [1.29, 1.82) is 0 Å². The molecule has 0 saturated heterocycles. The molecule has 0 unspecified atom stereocenters. The first-order valence-electron chi connectivity index (χ1n) is 9.08. The Bertz CT molecular complexity index is 1360. The second-order valence-corrected chi connectivity index (χ2v) is 8.25. The minimum Gasteiger partial charge on any atom is -0.323 e. The van der Waals surface area contributed by atoms with E-state index in [1.165, 1.54) is 16.7 Å². The standard InChI is InChI=1S/C22H14Cl2FN3O2S/c23-13-9-10-18(16(25)11-13)26-20(29)12-31-22-27-17-7-3-1-5-14(17)21(30)28(22)19-8-4-2-6-15(19)24/h1-11H,12H2,(H,26,29). The fourth-order valence-electron chi connectivity index (χ4n) is 2.96. The number of thioether (sulfide) groups is 1. The monoisotopic (exact) mass is 473 g/mol. The summed E-state index contributed by atoms with van der Waals surface area (Å²) in [7, 11) is 0. The molecule has 0 spiro atoms. The van der Waals surface area contributed by atoms with Crippen LogP contribution in [0.1, 0.15) is 0 Å². The van der Waals surface area contributed by atoms with Crippen molar-refractivity contribution in [2.75, 3.05) is 11.1 Å². The molecule has 0 aliphatic rings. The molecule has 4 aromatic rings. The van der Waals surface area contributed by atoms with Crippen LogP contribution >= 0.6 is 35.0 Å². The van der Waals surface area contributed by atoms with Gasteiger partial charge in [0, 0.05) is 5.02 Å². The number of carbonyl (C=O) groups excluding carboxylic acids is 1. The van der Waals surface area contributed by atoms with Crippen LogP contribution in [0.2, 0.25) is 10.0 Å². The predicted molar refractivity (Wildman–Crippen MR) is 123 cm³/mol. The fourth-order valence-corrected chi connectivity index (χ4v) is 4.15. The van der Waals surface area contributed by atoms with Crippen LogP contribution in [0.15, 0.2) is 76.7 Å². The third-order valence-corrected chi connectivity index (χ3v) is 5.87. The number of amides is 1. The Balaban J connectivity index is 1.68. The maximum atomic E-state index is 14.0. The molecule has 5 nitrogen and oxygen atoms in total. The summed E-state index contributed by atoms with van der Waals surface area (Å²) < 4.78 is 15.3. The normalized spacial score (nSPS) is 10.9. The molecule has 156 valence electrons.